The van der Waals surface area contributed by atoms with E-state index in [1.807, 2.05) is 0 Å². The summed E-state index contributed by atoms with van der Waals surface area (Å²) in [6.07, 6.45) is 3.85. The van der Waals surface area contributed by atoms with Gasteiger partial charge in [0, 0.05) is 12.8 Å². The van der Waals surface area contributed by atoms with E-state index in [1.54, 1.807) is 19.1 Å². The lowest BCUT2D eigenvalue weighted by Crippen LogP contribution is -1.97. The quantitative estimate of drug-likeness (QED) is 0.240. The van der Waals surface area contributed by atoms with Crippen molar-refractivity contribution in [1.29, 1.82) is 0 Å². The number of aryl methyl sites for hydroxylation is 1. The molecule has 0 radical (unpaired) electrons. The molecule has 0 saturated carbocycles. The first-order chi connectivity index (χ1) is 14.9. The van der Waals surface area contributed by atoms with Gasteiger partial charge in [-0.3, -0.25) is 9.59 Å². The first kappa shape index (κ1) is 37.6. The Bertz CT molecular complexity index is 682. The smallest absolute Gasteiger partial charge is 0.303 e. The summed E-state index contributed by atoms with van der Waals surface area (Å²) in [4.78, 5) is 46.6. The number of aliphatic imine (C=N–C) groups is 2. The second kappa shape index (κ2) is 33.5. The van der Waals surface area contributed by atoms with Gasteiger partial charge in [0.05, 0.1) is 11.4 Å². The summed E-state index contributed by atoms with van der Waals surface area (Å²) in [7, 11) is 0. The monoisotopic (exact) mass is 432 g/mol. The van der Waals surface area contributed by atoms with Gasteiger partial charge in [-0.1, -0.05) is 6.07 Å². The lowest BCUT2D eigenvalue weighted by atomic mass is 10.2. The molecule has 0 atom stereocenters. The zero-order valence-corrected chi connectivity index (χ0v) is 18.1. The molecule has 2 N–H and O–H groups in total. The summed E-state index contributed by atoms with van der Waals surface area (Å²) in [6.45, 7) is 25.8. The summed E-state index contributed by atoms with van der Waals surface area (Å²) >= 11 is 0. The van der Waals surface area contributed by atoms with Gasteiger partial charge in [0.15, 0.2) is 0 Å². The van der Waals surface area contributed by atoms with Gasteiger partial charge in [-0.2, -0.15) is 9.98 Å². The van der Waals surface area contributed by atoms with Crippen LogP contribution in [0.2, 0.25) is 0 Å². The maximum atomic E-state index is 10.00. The topological polar surface area (TPSA) is 133 Å². The molecule has 8 nitrogen and oxygen atoms in total. The highest BCUT2D eigenvalue weighted by molar-refractivity contribution is 5.68. The molecule has 170 valence electrons. The van der Waals surface area contributed by atoms with Gasteiger partial charge in [0.1, 0.15) is 0 Å². The highest BCUT2D eigenvalue weighted by atomic mass is 16.4. The molecule has 8 heteroatoms. The van der Waals surface area contributed by atoms with Gasteiger partial charge >= 0.3 is 11.9 Å². The van der Waals surface area contributed by atoms with Crippen LogP contribution in [0, 0.1) is 6.92 Å². The molecule has 0 bridgehead atoms. The van der Waals surface area contributed by atoms with E-state index in [0.717, 1.165) is 5.56 Å². The molecule has 0 saturated heterocycles. The zero-order valence-electron chi connectivity index (χ0n) is 18.1. The van der Waals surface area contributed by atoms with Crippen LogP contribution in [0.1, 0.15) is 31.2 Å². The van der Waals surface area contributed by atoms with E-state index in [0.29, 0.717) is 24.2 Å². The molecule has 1 aromatic carbocycles. The largest absolute Gasteiger partial charge is 0.481 e. The van der Waals surface area contributed by atoms with Crippen molar-refractivity contribution in [3.05, 3.63) is 76.4 Å². The summed E-state index contributed by atoms with van der Waals surface area (Å²) in [5, 5.41) is 16.3. The molecule has 0 aliphatic carbocycles. The Morgan fingerprint density at radius 2 is 1.19 bits per heavy atom. The highest BCUT2D eigenvalue weighted by Gasteiger charge is 1.99. The Labute approximate surface area is 184 Å². The molecule has 0 aromatic heterocycles. The van der Waals surface area contributed by atoms with Gasteiger partial charge in [-0.15, -0.1) is 52.6 Å². The Hall–Kier alpha value is -4.12. The maximum absolute atomic E-state index is 10.00. The average Bonchev–Trinajstić information content (AvgIpc) is 2.80. The second-order valence-electron chi connectivity index (χ2n) is 4.37. The van der Waals surface area contributed by atoms with E-state index >= 15 is 0 Å². The van der Waals surface area contributed by atoms with Crippen molar-refractivity contribution in [2.75, 3.05) is 0 Å². The van der Waals surface area contributed by atoms with Crippen LogP contribution in [0.5, 0.6) is 0 Å². The fourth-order valence-electron chi connectivity index (χ4n) is 1.44. The van der Waals surface area contributed by atoms with Crippen LogP contribution in [0.25, 0.3) is 0 Å². The third-order valence-electron chi connectivity index (χ3n) is 2.56. The number of carbonyl (C=O) groups excluding carboxylic acids is 2. The number of benzene rings is 1. The number of carbonyl (C=O) groups is 2. The number of nitrogens with zero attached hydrogens (tertiary/aromatic N) is 2. The zero-order chi connectivity index (χ0) is 25.7. The number of carboxylic acids is 2. The number of hydrogen-bond acceptors (Lipinski definition) is 6. The van der Waals surface area contributed by atoms with E-state index in [-0.39, 0.29) is 12.8 Å². The molecule has 0 spiro atoms. The molecular formula is C23H32N2O6. The number of carboxylic acid groups (broad SMARTS) is 2. The van der Waals surface area contributed by atoms with Crippen molar-refractivity contribution >= 4 is 35.5 Å². The minimum absolute atomic E-state index is 0.0628. The van der Waals surface area contributed by atoms with E-state index in [4.69, 9.17) is 10.2 Å². The van der Waals surface area contributed by atoms with E-state index in [9.17, 15) is 19.2 Å². The Morgan fingerprint density at radius 1 is 0.806 bits per heavy atom. The first-order valence-electron chi connectivity index (χ1n) is 8.60. The Balaban J connectivity index is -0.000000112. The van der Waals surface area contributed by atoms with E-state index < -0.39 is 11.9 Å². The molecule has 31 heavy (non-hydrogen) atoms. The summed E-state index contributed by atoms with van der Waals surface area (Å²) in [6, 6.07) is 4.88. The van der Waals surface area contributed by atoms with Crippen LogP contribution in [0.4, 0.5) is 11.4 Å². The van der Waals surface area contributed by atoms with Crippen LogP contribution in [-0.2, 0) is 19.2 Å². The third-order valence-corrected chi connectivity index (χ3v) is 2.56. The molecule has 1 aromatic rings. The molecule has 0 aliphatic heterocycles. The number of rotatable bonds is 7. The van der Waals surface area contributed by atoms with Crippen LogP contribution in [0.15, 0.2) is 80.8 Å². The van der Waals surface area contributed by atoms with Gasteiger partial charge in [-0.25, -0.2) is 9.59 Å². The molecule has 1 rings (SSSR count). The molecule has 0 aliphatic rings. The second-order valence-corrected chi connectivity index (χ2v) is 4.37. The number of isocyanates is 2. The normalized spacial score (nSPS) is 7.00. The van der Waals surface area contributed by atoms with Crippen molar-refractivity contribution in [1.82, 2.24) is 0 Å². The standard InChI is InChI=1S/C9H6N2O2.C6H10O4.4C2H4/c1-7-2-3-8(10-5-12)4-9(7)11-6-13;7-5(8)3-1-2-4-6(9)10;4*1-2/h2-4H,1H3;1-4H2,(H,7,8)(H,9,10);4*1-2H2. The predicted molar refractivity (Wildman–Crippen MR) is 125 cm³/mol. The lowest BCUT2D eigenvalue weighted by Gasteiger charge is -1.97. The van der Waals surface area contributed by atoms with E-state index in [1.165, 1.54) is 18.2 Å². The summed E-state index contributed by atoms with van der Waals surface area (Å²) < 4.78 is 0. The minimum atomic E-state index is -0.870. The summed E-state index contributed by atoms with van der Waals surface area (Å²) in [5.41, 5.74) is 1.72. The van der Waals surface area contributed by atoms with Gasteiger partial charge in [0.25, 0.3) is 0 Å². The number of hydrogen-bond donors (Lipinski definition) is 2. The third kappa shape index (κ3) is 30.8. The van der Waals surface area contributed by atoms with Crippen molar-refractivity contribution in [3.8, 4) is 0 Å². The van der Waals surface area contributed by atoms with Gasteiger partial charge < -0.3 is 10.2 Å². The van der Waals surface area contributed by atoms with Crippen molar-refractivity contribution in [2.24, 2.45) is 9.98 Å². The van der Waals surface area contributed by atoms with Crippen LogP contribution in [-0.4, -0.2) is 34.3 Å². The fraction of sp³-hybridized carbons (Fsp3) is 0.217. The van der Waals surface area contributed by atoms with E-state index in [2.05, 4.69) is 62.6 Å². The van der Waals surface area contributed by atoms with Crippen LogP contribution < -0.4 is 0 Å². The SMILES string of the molecule is C=C.C=C.C=C.C=C.Cc1ccc(N=C=O)cc1N=C=O.O=C(O)CCCCC(=O)O. The van der Waals surface area contributed by atoms with Gasteiger partial charge in [0.2, 0.25) is 12.2 Å². The van der Waals surface area contributed by atoms with Crippen molar-refractivity contribution in [2.45, 2.75) is 32.6 Å². The molecular weight excluding hydrogens is 400 g/mol. The average molecular weight is 433 g/mol. The number of unbranched alkanes of at least 4 members (excludes halogenated alkanes) is 1. The Kier molecular flexibility index (Phi) is 40.6. The molecule has 0 amide bonds. The maximum Gasteiger partial charge on any atom is 0.303 e. The van der Waals surface area contributed by atoms with Crippen LogP contribution in [0.3, 0.4) is 0 Å². The number of aliphatic carboxylic acids is 2. The molecule has 0 fully saturated rings. The Morgan fingerprint density at radius 3 is 1.52 bits per heavy atom. The first-order valence-corrected chi connectivity index (χ1v) is 8.60. The predicted octanol–water partition coefficient (Wildman–Crippen LogP) is 5.85. The highest BCUT2D eigenvalue weighted by Crippen LogP contribution is 2.23. The molecule has 0 heterocycles. The summed E-state index contributed by atoms with van der Waals surface area (Å²) in [5.74, 6) is -1.74. The minimum Gasteiger partial charge on any atom is -0.481 e. The molecule has 0 unspecified atom stereocenters. The van der Waals surface area contributed by atoms with Crippen molar-refractivity contribution in [3.63, 3.8) is 0 Å². The lowest BCUT2D eigenvalue weighted by molar-refractivity contribution is -0.139. The van der Waals surface area contributed by atoms with Crippen LogP contribution >= 0.6 is 0 Å². The van der Waals surface area contributed by atoms with Crippen molar-refractivity contribution < 1.29 is 29.4 Å². The van der Waals surface area contributed by atoms with Gasteiger partial charge in [-0.05, 0) is 37.5 Å². The fourth-order valence-corrected chi connectivity index (χ4v) is 1.44.